The van der Waals surface area contributed by atoms with E-state index < -0.39 is 0 Å². The molecule has 0 N–H and O–H groups in total. The van der Waals surface area contributed by atoms with Gasteiger partial charge in [-0.25, -0.2) is 29.9 Å². The molecule has 18 nitrogen and oxygen atoms in total. The first-order valence-corrected chi connectivity index (χ1v) is 45.6. The molecule has 0 spiro atoms. The van der Waals surface area contributed by atoms with E-state index >= 15 is 0 Å². The number of hydrogen-bond donors (Lipinski definition) is 0. The molecule has 0 atom stereocenters. The molecular weight excluding hydrogens is 1620 g/mol. The summed E-state index contributed by atoms with van der Waals surface area (Å²) in [4.78, 5) is 29.1. The standard InChI is InChI=1S/6C19H19N3/c2*1-12-8-7-9-13(2)18(12)22-15(4)14(3)17-19(22)21-11-6-5-10-16(21)20-17;2*1-12-8-7-9-13(2)17(12)22-15(4)14(3)18-19(22)20-16-10-5-6-11-21(16)18;2*1-12-8-7-9-13(2)18(12)22-17-11-6-5-10-16(17)21-15(4)14(3)20-19(21)22/h6*5-11H,1-4H3. The summed E-state index contributed by atoms with van der Waals surface area (Å²) in [6.07, 6.45) is 8.36. The molecule has 0 amide bonds. The van der Waals surface area contributed by atoms with E-state index in [1.807, 2.05) is 24.3 Å². The van der Waals surface area contributed by atoms with Gasteiger partial charge in [-0.1, -0.05) is 158 Å². The molecule has 16 heterocycles. The smallest absolute Gasteiger partial charge is 0.220 e. The van der Waals surface area contributed by atoms with Crippen LogP contribution in [-0.4, -0.2) is 83.7 Å². The van der Waals surface area contributed by atoms with Crippen molar-refractivity contribution >= 4 is 101 Å². The Labute approximate surface area is 769 Å². The van der Waals surface area contributed by atoms with Crippen LogP contribution in [0.1, 0.15) is 135 Å². The second-order valence-corrected chi connectivity index (χ2v) is 36.0. The van der Waals surface area contributed by atoms with E-state index in [0.717, 1.165) is 79.2 Å². The molecule has 0 bridgehead atoms. The van der Waals surface area contributed by atoms with E-state index in [2.05, 4.69) is 451 Å². The molecule has 18 heteroatoms. The fraction of sp³-hybridized carbons (Fsp3) is 0.211. The van der Waals surface area contributed by atoms with Crippen molar-refractivity contribution < 1.29 is 0 Å². The lowest BCUT2D eigenvalue weighted by Gasteiger charge is -2.15. The predicted octanol–water partition coefficient (Wildman–Crippen LogP) is 27.1. The summed E-state index contributed by atoms with van der Waals surface area (Å²) in [5.74, 6) is 1.99. The van der Waals surface area contributed by atoms with Crippen LogP contribution in [0, 0.1) is 166 Å². The molecule has 24 rings (SSSR count). The van der Waals surface area contributed by atoms with Gasteiger partial charge in [0.2, 0.25) is 11.6 Å². The van der Waals surface area contributed by atoms with Gasteiger partial charge in [0.25, 0.3) is 0 Å². The normalized spacial score (nSPS) is 11.6. The van der Waals surface area contributed by atoms with Gasteiger partial charge >= 0.3 is 0 Å². The summed E-state index contributed by atoms with van der Waals surface area (Å²) < 4.78 is 27.2. The Bertz CT molecular complexity index is 8080. The van der Waals surface area contributed by atoms with Crippen molar-refractivity contribution in [2.24, 2.45) is 0 Å². The quantitative estimate of drug-likeness (QED) is 0.163. The number of nitrogens with zero attached hydrogens (tertiary/aromatic N) is 18. The molecule has 0 aliphatic carbocycles. The lowest BCUT2D eigenvalue weighted by Crippen LogP contribution is -2.04. The summed E-state index contributed by atoms with van der Waals surface area (Å²) in [6, 6.07) is 80.3. The maximum absolute atomic E-state index is 4.88. The molecular formula is C114H114N18. The third-order valence-electron chi connectivity index (χ3n) is 27.6. The van der Waals surface area contributed by atoms with Gasteiger partial charge in [-0.3, -0.25) is 53.8 Å². The first-order valence-electron chi connectivity index (χ1n) is 45.6. The van der Waals surface area contributed by atoms with Crippen LogP contribution in [0.25, 0.3) is 135 Å². The zero-order valence-electron chi connectivity index (χ0n) is 80.3. The molecule has 8 aromatic carbocycles. The van der Waals surface area contributed by atoms with Gasteiger partial charge in [0.05, 0.1) is 78.6 Å². The highest BCUT2D eigenvalue weighted by Crippen LogP contribution is 2.40. The minimum absolute atomic E-state index is 0.994. The number of para-hydroxylation sites is 10. The second-order valence-electron chi connectivity index (χ2n) is 36.0. The van der Waals surface area contributed by atoms with Gasteiger partial charge in [0.15, 0.2) is 11.3 Å². The van der Waals surface area contributed by atoms with E-state index in [-0.39, 0.29) is 0 Å². The summed E-state index contributed by atoms with van der Waals surface area (Å²) >= 11 is 0. The average Bonchev–Trinajstić information content (AvgIpc) is 1.58. The molecule has 0 fully saturated rings. The number of pyridine rings is 4. The number of aromatic nitrogens is 18. The SMILES string of the molecule is Cc1cccc(C)c1-n1c(C)c(C)c2c1nc1ccccn12.Cc1cccc(C)c1-n1c(C)c(C)c2c1nc1ccccn12.Cc1cccc(C)c1-n1c(C)c(C)c2nc3ccccn3c21.Cc1cccc(C)c1-n1c(C)c(C)c2nc3ccccn3c21.Cc1cccc(C)c1-n1c2ccccc2n2c(C)c(C)nc12.Cc1cccc(C)c1-n1c2ccccc2n2c(C)c(C)nc12. The van der Waals surface area contributed by atoms with Crippen LogP contribution in [0.5, 0.6) is 0 Å². The van der Waals surface area contributed by atoms with Crippen LogP contribution in [0.4, 0.5) is 0 Å². The first kappa shape index (κ1) is 86.1. The zero-order chi connectivity index (χ0) is 92.6. The predicted molar refractivity (Wildman–Crippen MR) is 546 cm³/mol. The van der Waals surface area contributed by atoms with Crippen molar-refractivity contribution in [3.63, 3.8) is 0 Å². The topological polar surface area (TPSA) is 133 Å². The first-order chi connectivity index (χ1) is 63.6. The zero-order valence-corrected chi connectivity index (χ0v) is 80.3. The monoisotopic (exact) mass is 1730 g/mol. The van der Waals surface area contributed by atoms with Gasteiger partial charge < -0.3 is 0 Å². The van der Waals surface area contributed by atoms with Crippen molar-refractivity contribution in [2.75, 3.05) is 0 Å². The molecule has 132 heavy (non-hydrogen) atoms. The summed E-state index contributed by atoms with van der Waals surface area (Å²) in [5, 5.41) is 0. The fourth-order valence-corrected chi connectivity index (χ4v) is 20.3. The highest BCUT2D eigenvalue weighted by Gasteiger charge is 2.28. The van der Waals surface area contributed by atoms with Gasteiger partial charge in [-0.2, -0.15) is 0 Å². The average molecular weight is 1740 g/mol. The molecule has 24 aromatic rings. The van der Waals surface area contributed by atoms with E-state index in [4.69, 9.17) is 29.9 Å². The number of rotatable bonds is 6. The molecule has 0 aliphatic rings. The van der Waals surface area contributed by atoms with Crippen molar-refractivity contribution in [1.82, 2.24) is 83.7 Å². The summed E-state index contributed by atoms with van der Waals surface area (Å²) in [5.41, 5.74) is 55.3. The van der Waals surface area contributed by atoms with Crippen molar-refractivity contribution in [2.45, 2.75) is 166 Å². The largest absolute Gasteiger partial charge is 0.298 e. The van der Waals surface area contributed by atoms with Crippen LogP contribution in [-0.2, 0) is 0 Å². The Hall–Kier alpha value is -15.3. The Balaban J connectivity index is 0.000000102. The van der Waals surface area contributed by atoms with Crippen LogP contribution < -0.4 is 0 Å². The van der Waals surface area contributed by atoms with Gasteiger partial charge in [0, 0.05) is 59.0 Å². The highest BCUT2D eigenvalue weighted by atomic mass is 15.2. The molecule has 0 saturated carbocycles. The Kier molecular flexibility index (Phi) is 21.9. The fourth-order valence-electron chi connectivity index (χ4n) is 20.3. The van der Waals surface area contributed by atoms with Crippen molar-refractivity contribution in [3.05, 3.63) is 390 Å². The van der Waals surface area contributed by atoms with Crippen molar-refractivity contribution in [1.29, 1.82) is 0 Å². The molecule has 16 aromatic heterocycles. The van der Waals surface area contributed by atoms with Crippen LogP contribution >= 0.6 is 0 Å². The maximum Gasteiger partial charge on any atom is 0.220 e. The summed E-state index contributed by atoms with van der Waals surface area (Å²) in [7, 11) is 0. The van der Waals surface area contributed by atoms with Crippen molar-refractivity contribution in [3.8, 4) is 34.1 Å². The molecule has 660 valence electrons. The molecule has 0 saturated heterocycles. The second kappa shape index (κ2) is 33.6. The molecule has 0 aliphatic heterocycles. The maximum atomic E-state index is 4.88. The van der Waals surface area contributed by atoms with E-state index in [9.17, 15) is 0 Å². The Morgan fingerprint density at radius 2 is 0.424 bits per heavy atom. The minimum Gasteiger partial charge on any atom is -0.298 e. The van der Waals surface area contributed by atoms with Gasteiger partial charge in [-0.15, -0.1) is 0 Å². The minimum atomic E-state index is 0.994. The van der Waals surface area contributed by atoms with Gasteiger partial charge in [0.1, 0.15) is 44.9 Å². The third kappa shape index (κ3) is 13.9. The third-order valence-corrected chi connectivity index (χ3v) is 27.6. The number of aryl methyl sites for hydroxylation is 20. The van der Waals surface area contributed by atoms with Gasteiger partial charge in [-0.05, 0) is 328 Å². The van der Waals surface area contributed by atoms with E-state index in [0.29, 0.717) is 0 Å². The number of fused-ring (bicyclic) bond motifs is 18. The van der Waals surface area contributed by atoms with E-state index in [1.54, 1.807) is 0 Å². The Morgan fingerprint density at radius 3 is 0.712 bits per heavy atom. The lowest BCUT2D eigenvalue weighted by atomic mass is 10.1. The number of hydrogen-bond acceptors (Lipinski definition) is 6. The summed E-state index contributed by atoms with van der Waals surface area (Å²) in [6.45, 7) is 51.8. The highest BCUT2D eigenvalue weighted by molar-refractivity contribution is 5.91. The number of imidazole rings is 8. The Morgan fingerprint density at radius 1 is 0.189 bits per heavy atom. The lowest BCUT2D eigenvalue weighted by molar-refractivity contribution is 0.978. The van der Waals surface area contributed by atoms with Crippen LogP contribution in [0.2, 0.25) is 0 Å². The molecule has 0 radical (unpaired) electrons. The van der Waals surface area contributed by atoms with Crippen LogP contribution in [0.3, 0.4) is 0 Å². The van der Waals surface area contributed by atoms with E-state index in [1.165, 1.54) is 190 Å². The molecule has 0 unspecified atom stereocenters. The number of benzene rings is 8. The van der Waals surface area contributed by atoms with Crippen LogP contribution in [0.15, 0.2) is 255 Å².